The molecule has 0 radical (unpaired) electrons. The second kappa shape index (κ2) is 7.98. The van der Waals surface area contributed by atoms with Crippen molar-refractivity contribution in [3.8, 4) is 6.07 Å². The Morgan fingerprint density at radius 3 is 2.07 bits per heavy atom. The second-order valence-electron chi connectivity index (χ2n) is 10.4. The highest BCUT2D eigenvalue weighted by Gasteiger charge is 2.51. The molecule has 5 nitrogen and oxygen atoms in total. The molecule has 1 N–H and O–H groups in total. The van der Waals surface area contributed by atoms with Crippen LogP contribution in [0.5, 0.6) is 0 Å². The highest BCUT2D eigenvalue weighted by atomic mass is 16.2. The van der Waals surface area contributed by atoms with Gasteiger partial charge in [0.1, 0.15) is 6.04 Å². The Morgan fingerprint density at radius 1 is 1.00 bits per heavy atom. The van der Waals surface area contributed by atoms with Gasteiger partial charge in [-0.2, -0.15) is 5.26 Å². The number of rotatable bonds is 5. The Kier molecular flexibility index (Phi) is 5.33. The Bertz CT molecular complexity index is 773. The molecule has 30 heavy (non-hydrogen) atoms. The van der Waals surface area contributed by atoms with Crippen LogP contribution in [0.25, 0.3) is 0 Å². The molecule has 4 saturated carbocycles. The van der Waals surface area contributed by atoms with Crippen LogP contribution in [0.3, 0.4) is 0 Å². The standard InChI is InChI=1S/C25H34N4O/c1-18(24(30)27-25-14-19-11-20(15-25)13-21(12-19)16-25)28-7-9-29(10-8-28)23(17-26)22-5-3-2-4-6-22/h2-6,18-21,23H,7-16H2,1H3,(H,27,30). The third-order valence-corrected chi connectivity index (χ3v) is 8.31. The highest BCUT2D eigenvalue weighted by molar-refractivity contribution is 5.82. The molecule has 1 aromatic rings. The zero-order valence-corrected chi connectivity index (χ0v) is 18.1. The summed E-state index contributed by atoms with van der Waals surface area (Å²) in [6.07, 6.45) is 7.79. The lowest BCUT2D eigenvalue weighted by Gasteiger charge is -2.57. The molecule has 1 saturated heterocycles. The number of nitriles is 1. The molecular weight excluding hydrogens is 372 g/mol. The molecule has 0 spiro atoms. The van der Waals surface area contributed by atoms with E-state index in [0.717, 1.165) is 49.5 Å². The van der Waals surface area contributed by atoms with Gasteiger partial charge in [-0.25, -0.2) is 0 Å². The molecule has 6 rings (SSSR count). The fraction of sp³-hybridized carbons (Fsp3) is 0.680. The first-order valence-corrected chi connectivity index (χ1v) is 11.8. The maximum absolute atomic E-state index is 13.2. The number of hydrogen-bond donors (Lipinski definition) is 1. The maximum atomic E-state index is 13.2. The van der Waals surface area contributed by atoms with Gasteiger partial charge in [0, 0.05) is 31.7 Å². The Morgan fingerprint density at radius 2 is 1.53 bits per heavy atom. The summed E-state index contributed by atoms with van der Waals surface area (Å²) < 4.78 is 0. The van der Waals surface area contributed by atoms with Crippen molar-refractivity contribution in [1.82, 2.24) is 15.1 Å². The Hall–Kier alpha value is -1.90. The lowest BCUT2D eigenvalue weighted by atomic mass is 9.53. The lowest BCUT2D eigenvalue weighted by Crippen LogP contribution is -2.63. The van der Waals surface area contributed by atoms with E-state index in [0.29, 0.717) is 0 Å². The van der Waals surface area contributed by atoms with Crippen molar-refractivity contribution < 1.29 is 4.79 Å². The minimum Gasteiger partial charge on any atom is -0.349 e. The predicted molar refractivity (Wildman–Crippen MR) is 116 cm³/mol. The molecule has 5 fully saturated rings. The van der Waals surface area contributed by atoms with Crippen LogP contribution in [0.15, 0.2) is 30.3 Å². The molecule has 4 aliphatic carbocycles. The molecule has 4 bridgehead atoms. The number of carbonyl (C=O) groups excluding carboxylic acids is 1. The molecule has 0 aromatic heterocycles. The lowest BCUT2D eigenvalue weighted by molar-refractivity contribution is -0.132. The fourth-order valence-corrected chi connectivity index (χ4v) is 7.18. The summed E-state index contributed by atoms with van der Waals surface area (Å²) in [7, 11) is 0. The summed E-state index contributed by atoms with van der Waals surface area (Å²) in [4.78, 5) is 17.7. The Balaban J connectivity index is 1.17. The van der Waals surface area contributed by atoms with E-state index >= 15 is 0 Å². The summed E-state index contributed by atoms with van der Waals surface area (Å²) >= 11 is 0. The second-order valence-corrected chi connectivity index (χ2v) is 10.4. The van der Waals surface area contributed by atoms with Gasteiger partial charge in [-0.15, -0.1) is 0 Å². The number of nitrogens with one attached hydrogen (secondary N) is 1. The minimum atomic E-state index is -0.204. The minimum absolute atomic E-state index is 0.0845. The summed E-state index contributed by atoms with van der Waals surface area (Å²) in [5.74, 6) is 2.74. The zero-order valence-electron chi connectivity index (χ0n) is 18.1. The number of piperazine rings is 1. The molecule has 5 heteroatoms. The van der Waals surface area contributed by atoms with E-state index in [1.54, 1.807) is 0 Å². The normalized spacial score (nSPS) is 35.5. The summed E-state index contributed by atoms with van der Waals surface area (Å²) in [6, 6.07) is 12.2. The van der Waals surface area contributed by atoms with Gasteiger partial charge in [0.15, 0.2) is 0 Å². The highest BCUT2D eigenvalue weighted by Crippen LogP contribution is 2.55. The number of amides is 1. The van der Waals surface area contributed by atoms with Gasteiger partial charge in [-0.05, 0) is 68.8 Å². The molecule has 5 aliphatic rings. The third kappa shape index (κ3) is 3.76. The SMILES string of the molecule is CC(C(=O)NC12CC3CC(CC(C3)C1)C2)N1CCN(C(C#N)c2ccccc2)CC1. The number of hydrogen-bond acceptors (Lipinski definition) is 4. The van der Waals surface area contributed by atoms with Crippen molar-refractivity contribution >= 4 is 5.91 Å². The van der Waals surface area contributed by atoms with Gasteiger partial charge >= 0.3 is 0 Å². The smallest absolute Gasteiger partial charge is 0.237 e. The summed E-state index contributed by atoms with van der Waals surface area (Å²) in [6.45, 7) is 5.37. The Labute approximate surface area is 180 Å². The van der Waals surface area contributed by atoms with Gasteiger partial charge in [0.25, 0.3) is 0 Å². The van der Waals surface area contributed by atoms with Crippen LogP contribution in [0.1, 0.15) is 57.1 Å². The van der Waals surface area contributed by atoms with Crippen LogP contribution in [-0.2, 0) is 4.79 Å². The molecule has 1 amide bonds. The van der Waals surface area contributed by atoms with Gasteiger partial charge in [-0.1, -0.05) is 30.3 Å². The first-order chi connectivity index (χ1) is 14.5. The van der Waals surface area contributed by atoms with Crippen molar-refractivity contribution in [2.45, 2.75) is 63.1 Å². The van der Waals surface area contributed by atoms with Crippen LogP contribution < -0.4 is 5.32 Å². The molecule has 160 valence electrons. The van der Waals surface area contributed by atoms with Crippen molar-refractivity contribution in [1.29, 1.82) is 5.26 Å². The molecule has 2 atom stereocenters. The van der Waals surface area contributed by atoms with Gasteiger partial charge in [-0.3, -0.25) is 14.6 Å². The predicted octanol–water partition coefficient (Wildman–Crippen LogP) is 3.34. The first-order valence-electron chi connectivity index (χ1n) is 11.8. The van der Waals surface area contributed by atoms with Gasteiger partial charge in [0.2, 0.25) is 5.91 Å². The van der Waals surface area contributed by atoms with Crippen LogP contribution in [0, 0.1) is 29.1 Å². The van der Waals surface area contributed by atoms with Crippen molar-refractivity contribution in [3.05, 3.63) is 35.9 Å². The van der Waals surface area contributed by atoms with Crippen molar-refractivity contribution in [3.63, 3.8) is 0 Å². The van der Waals surface area contributed by atoms with Crippen molar-refractivity contribution in [2.24, 2.45) is 17.8 Å². The number of nitrogens with zero attached hydrogens (tertiary/aromatic N) is 3. The number of carbonyl (C=O) groups is 1. The van der Waals surface area contributed by atoms with E-state index in [1.165, 1.54) is 38.5 Å². The van der Waals surface area contributed by atoms with E-state index in [9.17, 15) is 10.1 Å². The quantitative estimate of drug-likeness (QED) is 0.815. The van der Waals surface area contributed by atoms with Crippen LogP contribution >= 0.6 is 0 Å². The summed E-state index contributed by atoms with van der Waals surface area (Å²) in [5, 5.41) is 13.3. The van der Waals surface area contributed by atoms with E-state index in [1.807, 2.05) is 30.3 Å². The molecule has 1 heterocycles. The van der Waals surface area contributed by atoms with E-state index in [-0.39, 0.29) is 23.5 Å². The molecule has 1 aliphatic heterocycles. The largest absolute Gasteiger partial charge is 0.349 e. The van der Waals surface area contributed by atoms with Gasteiger partial charge in [0.05, 0.1) is 12.1 Å². The van der Waals surface area contributed by atoms with E-state index < -0.39 is 0 Å². The topological polar surface area (TPSA) is 59.4 Å². The van der Waals surface area contributed by atoms with Crippen LogP contribution in [0.2, 0.25) is 0 Å². The maximum Gasteiger partial charge on any atom is 0.237 e. The number of benzene rings is 1. The fourth-order valence-electron chi connectivity index (χ4n) is 7.18. The molecular formula is C25H34N4O. The van der Waals surface area contributed by atoms with E-state index in [4.69, 9.17) is 0 Å². The van der Waals surface area contributed by atoms with Crippen LogP contribution in [0.4, 0.5) is 0 Å². The zero-order chi connectivity index (χ0) is 20.7. The average molecular weight is 407 g/mol. The van der Waals surface area contributed by atoms with E-state index in [2.05, 4.69) is 28.1 Å². The monoisotopic (exact) mass is 406 g/mol. The molecule has 1 aromatic carbocycles. The average Bonchev–Trinajstić information content (AvgIpc) is 2.74. The first kappa shape index (κ1) is 20.0. The summed E-state index contributed by atoms with van der Waals surface area (Å²) in [5.41, 5.74) is 1.14. The molecule has 2 unspecified atom stereocenters. The van der Waals surface area contributed by atoms with Crippen LogP contribution in [-0.4, -0.2) is 53.5 Å². The van der Waals surface area contributed by atoms with Gasteiger partial charge < -0.3 is 5.32 Å². The van der Waals surface area contributed by atoms with Crippen molar-refractivity contribution in [2.75, 3.05) is 26.2 Å². The third-order valence-electron chi connectivity index (χ3n) is 8.31.